The number of carbonyl (C=O) groups is 2. The van der Waals surface area contributed by atoms with Gasteiger partial charge in [0.2, 0.25) is 5.91 Å². The third-order valence-electron chi connectivity index (χ3n) is 5.13. The molecular weight excluding hydrogens is 390 g/mol. The minimum absolute atomic E-state index is 0.0613. The van der Waals surface area contributed by atoms with Crippen molar-refractivity contribution in [3.05, 3.63) is 47.2 Å². The molecular formula is C19H19N7O2S. The number of nitrogens with one attached hydrogen (secondary N) is 1. The van der Waals surface area contributed by atoms with Crippen molar-refractivity contribution in [1.29, 1.82) is 0 Å². The molecule has 3 aromatic rings. The minimum atomic E-state index is -0.323. The highest BCUT2D eigenvalue weighted by Gasteiger charge is 2.40. The van der Waals surface area contributed by atoms with Gasteiger partial charge in [0.15, 0.2) is 5.69 Å². The molecule has 2 aromatic heterocycles. The number of likely N-dealkylation sites (tertiary alicyclic amines) is 1. The Hall–Kier alpha value is -3.14. The maximum Gasteiger partial charge on any atom is 0.273 e. The molecule has 1 unspecified atom stereocenters. The third-order valence-corrected chi connectivity index (χ3v) is 6.10. The average Bonchev–Trinajstić information content (AvgIpc) is 3.14. The van der Waals surface area contributed by atoms with Gasteiger partial charge in [-0.05, 0) is 12.8 Å². The van der Waals surface area contributed by atoms with E-state index >= 15 is 0 Å². The molecule has 2 aliphatic rings. The quantitative estimate of drug-likeness (QED) is 0.664. The summed E-state index contributed by atoms with van der Waals surface area (Å²) in [4.78, 5) is 26.5. The highest BCUT2D eigenvalue weighted by molar-refractivity contribution is 7.14. The Morgan fingerprint density at radius 2 is 1.97 bits per heavy atom. The summed E-state index contributed by atoms with van der Waals surface area (Å²) in [6.07, 6.45) is 4.19. The summed E-state index contributed by atoms with van der Waals surface area (Å²) in [5.41, 5.74) is 1.23. The van der Waals surface area contributed by atoms with Gasteiger partial charge in [-0.15, -0.1) is 15.3 Å². The second kappa shape index (κ2) is 7.36. The second-order valence-corrected chi connectivity index (χ2v) is 8.33. The van der Waals surface area contributed by atoms with E-state index in [0.29, 0.717) is 24.0 Å². The Labute approximate surface area is 170 Å². The molecule has 148 valence electrons. The molecule has 1 aliphatic carbocycles. The van der Waals surface area contributed by atoms with Crippen LogP contribution in [0.1, 0.15) is 40.8 Å². The number of aromatic nitrogens is 5. The summed E-state index contributed by atoms with van der Waals surface area (Å²) in [5, 5.41) is 20.7. The van der Waals surface area contributed by atoms with Gasteiger partial charge in [0.25, 0.3) is 5.91 Å². The van der Waals surface area contributed by atoms with E-state index < -0.39 is 0 Å². The first-order valence-electron chi connectivity index (χ1n) is 9.54. The fourth-order valence-corrected chi connectivity index (χ4v) is 4.24. The smallest absolute Gasteiger partial charge is 0.273 e. The van der Waals surface area contributed by atoms with Gasteiger partial charge in [-0.25, -0.2) is 4.68 Å². The van der Waals surface area contributed by atoms with E-state index in [-0.39, 0.29) is 30.1 Å². The SMILES string of the molecule is O=C(NCc1nnc(-c2ccccc2)s1)c1cn(C2CC(=O)N(C3CC3)C2)nn1. The number of hydrogen-bond acceptors (Lipinski definition) is 7. The van der Waals surface area contributed by atoms with Crippen molar-refractivity contribution in [2.75, 3.05) is 6.54 Å². The third kappa shape index (κ3) is 3.75. The van der Waals surface area contributed by atoms with Crippen LogP contribution >= 0.6 is 11.3 Å². The Morgan fingerprint density at radius 1 is 1.14 bits per heavy atom. The fraction of sp³-hybridized carbons (Fsp3) is 0.368. The summed E-state index contributed by atoms with van der Waals surface area (Å²) >= 11 is 1.44. The highest BCUT2D eigenvalue weighted by Crippen LogP contribution is 2.34. The summed E-state index contributed by atoms with van der Waals surface area (Å²) in [6, 6.07) is 10.1. The molecule has 2 amide bonds. The standard InChI is InChI=1S/C19H19N7O2S/c27-17-8-14(10-25(17)13-6-7-13)26-11-15(21-24-26)18(28)20-9-16-22-23-19(29-16)12-4-2-1-3-5-12/h1-5,11,13-14H,6-10H2,(H,20,28). The van der Waals surface area contributed by atoms with Gasteiger partial charge in [-0.2, -0.15) is 0 Å². The van der Waals surface area contributed by atoms with E-state index in [4.69, 9.17) is 0 Å². The lowest BCUT2D eigenvalue weighted by Crippen LogP contribution is -2.27. The van der Waals surface area contributed by atoms with Crippen LogP contribution in [-0.2, 0) is 11.3 Å². The molecule has 2 fully saturated rings. The molecule has 1 aromatic carbocycles. The Bertz CT molecular complexity index is 1040. The van der Waals surface area contributed by atoms with Crippen LogP contribution in [0.5, 0.6) is 0 Å². The zero-order valence-corrected chi connectivity index (χ0v) is 16.4. The monoisotopic (exact) mass is 409 g/mol. The van der Waals surface area contributed by atoms with Gasteiger partial charge in [0.05, 0.1) is 25.2 Å². The summed E-state index contributed by atoms with van der Waals surface area (Å²) < 4.78 is 1.63. The van der Waals surface area contributed by atoms with Crippen molar-refractivity contribution in [3.63, 3.8) is 0 Å². The average molecular weight is 409 g/mol. The number of benzene rings is 1. The highest BCUT2D eigenvalue weighted by atomic mass is 32.1. The molecule has 1 N–H and O–H groups in total. The van der Waals surface area contributed by atoms with E-state index in [0.717, 1.165) is 23.4 Å². The van der Waals surface area contributed by atoms with Crippen LogP contribution in [0.15, 0.2) is 36.5 Å². The van der Waals surface area contributed by atoms with Crippen molar-refractivity contribution >= 4 is 23.2 Å². The van der Waals surface area contributed by atoms with Crippen molar-refractivity contribution < 1.29 is 9.59 Å². The van der Waals surface area contributed by atoms with Gasteiger partial charge in [0, 0.05) is 18.2 Å². The number of nitrogens with zero attached hydrogens (tertiary/aromatic N) is 6. The zero-order chi connectivity index (χ0) is 19.8. The Kier molecular flexibility index (Phi) is 4.55. The lowest BCUT2D eigenvalue weighted by Gasteiger charge is -2.14. The molecule has 1 saturated heterocycles. The number of rotatable bonds is 6. The normalized spacial score (nSPS) is 19.0. The van der Waals surface area contributed by atoms with Crippen molar-refractivity contribution in [2.45, 2.75) is 37.9 Å². The minimum Gasteiger partial charge on any atom is -0.344 e. The van der Waals surface area contributed by atoms with Crippen LogP contribution in [-0.4, -0.2) is 54.5 Å². The Balaban J connectivity index is 1.19. The summed E-state index contributed by atoms with van der Waals surface area (Å²) in [6.45, 7) is 0.911. The molecule has 3 heterocycles. The lowest BCUT2D eigenvalue weighted by molar-refractivity contribution is -0.128. The molecule has 1 aliphatic heterocycles. The molecule has 9 nitrogen and oxygen atoms in total. The van der Waals surface area contributed by atoms with Crippen molar-refractivity contribution in [1.82, 2.24) is 35.4 Å². The molecule has 5 rings (SSSR count). The summed E-state index contributed by atoms with van der Waals surface area (Å²) in [7, 11) is 0. The van der Waals surface area contributed by atoms with Crippen LogP contribution in [0.4, 0.5) is 0 Å². The number of hydrogen-bond donors (Lipinski definition) is 1. The molecule has 10 heteroatoms. The predicted molar refractivity (Wildman–Crippen MR) is 105 cm³/mol. The molecule has 1 saturated carbocycles. The second-order valence-electron chi connectivity index (χ2n) is 7.27. The molecule has 0 radical (unpaired) electrons. The molecule has 0 spiro atoms. The van der Waals surface area contributed by atoms with Crippen LogP contribution in [0, 0.1) is 0 Å². The van der Waals surface area contributed by atoms with E-state index in [1.54, 1.807) is 10.9 Å². The van der Waals surface area contributed by atoms with Gasteiger partial charge in [-0.1, -0.05) is 46.9 Å². The fourth-order valence-electron chi connectivity index (χ4n) is 3.46. The summed E-state index contributed by atoms with van der Waals surface area (Å²) in [5.74, 6) is -0.166. The first-order chi connectivity index (χ1) is 14.2. The molecule has 1 atom stereocenters. The van der Waals surface area contributed by atoms with Gasteiger partial charge < -0.3 is 10.2 Å². The van der Waals surface area contributed by atoms with E-state index in [9.17, 15) is 9.59 Å². The topological polar surface area (TPSA) is 106 Å². The van der Waals surface area contributed by atoms with Crippen molar-refractivity contribution in [2.24, 2.45) is 0 Å². The van der Waals surface area contributed by atoms with E-state index in [1.165, 1.54) is 11.3 Å². The van der Waals surface area contributed by atoms with E-state index in [1.807, 2.05) is 35.2 Å². The maximum atomic E-state index is 12.4. The number of amides is 2. The van der Waals surface area contributed by atoms with Gasteiger partial charge >= 0.3 is 0 Å². The van der Waals surface area contributed by atoms with Crippen LogP contribution in [0.25, 0.3) is 10.6 Å². The molecule has 0 bridgehead atoms. The van der Waals surface area contributed by atoms with Crippen LogP contribution in [0.2, 0.25) is 0 Å². The predicted octanol–water partition coefficient (Wildman–Crippen LogP) is 1.66. The largest absolute Gasteiger partial charge is 0.344 e. The number of carbonyl (C=O) groups excluding carboxylic acids is 2. The van der Waals surface area contributed by atoms with E-state index in [2.05, 4.69) is 25.8 Å². The van der Waals surface area contributed by atoms with Gasteiger partial charge in [0.1, 0.15) is 10.0 Å². The van der Waals surface area contributed by atoms with Crippen LogP contribution in [0.3, 0.4) is 0 Å². The van der Waals surface area contributed by atoms with Gasteiger partial charge in [-0.3, -0.25) is 9.59 Å². The zero-order valence-electron chi connectivity index (χ0n) is 15.6. The first-order valence-corrected chi connectivity index (χ1v) is 10.4. The van der Waals surface area contributed by atoms with Crippen LogP contribution < -0.4 is 5.32 Å². The lowest BCUT2D eigenvalue weighted by atomic mass is 10.2. The van der Waals surface area contributed by atoms with Crippen molar-refractivity contribution in [3.8, 4) is 10.6 Å². The maximum absolute atomic E-state index is 12.4. The first kappa shape index (κ1) is 17.9. The molecule has 29 heavy (non-hydrogen) atoms. The Morgan fingerprint density at radius 3 is 2.76 bits per heavy atom.